The second-order valence-electron chi connectivity index (χ2n) is 4.60. The molecule has 0 N–H and O–H groups in total. The van der Waals surface area contributed by atoms with Crippen LogP contribution in [0.15, 0.2) is 12.4 Å². The molecule has 0 aliphatic carbocycles. The zero-order valence-corrected chi connectivity index (χ0v) is 10.8. The van der Waals surface area contributed by atoms with E-state index in [1.165, 1.54) is 0 Å². The van der Waals surface area contributed by atoms with Crippen LogP contribution in [0.3, 0.4) is 0 Å². The minimum absolute atomic E-state index is 0.231. The van der Waals surface area contributed by atoms with Gasteiger partial charge in [-0.25, -0.2) is 0 Å². The first-order valence-electron chi connectivity index (χ1n) is 6.44. The topological polar surface area (TPSA) is 60.2 Å². The average molecular weight is 252 g/mol. The van der Waals surface area contributed by atoms with Crippen LogP contribution in [-0.4, -0.2) is 52.1 Å². The zero-order chi connectivity index (χ0) is 12.8. The van der Waals surface area contributed by atoms with E-state index in [2.05, 4.69) is 10.3 Å². The number of amides is 1. The molecule has 0 aromatic carbocycles. The van der Waals surface area contributed by atoms with Crippen LogP contribution in [0.5, 0.6) is 0 Å². The summed E-state index contributed by atoms with van der Waals surface area (Å²) >= 11 is 0. The molecule has 100 valence electrons. The molecule has 6 nitrogen and oxygen atoms in total. The third-order valence-corrected chi connectivity index (χ3v) is 3.31. The van der Waals surface area contributed by atoms with E-state index in [1.807, 2.05) is 11.1 Å². The fourth-order valence-electron chi connectivity index (χ4n) is 2.41. The summed E-state index contributed by atoms with van der Waals surface area (Å²) < 4.78 is 6.77. The molecule has 1 atom stereocenters. The van der Waals surface area contributed by atoms with Crippen molar-refractivity contribution in [1.82, 2.24) is 19.9 Å². The van der Waals surface area contributed by atoms with E-state index >= 15 is 0 Å². The fourth-order valence-corrected chi connectivity index (χ4v) is 2.41. The highest BCUT2D eigenvalue weighted by Crippen LogP contribution is 2.19. The van der Waals surface area contributed by atoms with Crippen molar-refractivity contribution in [2.75, 3.05) is 20.3 Å². The van der Waals surface area contributed by atoms with Gasteiger partial charge in [0.15, 0.2) is 0 Å². The first kappa shape index (κ1) is 13.0. The molecule has 1 saturated heterocycles. The van der Waals surface area contributed by atoms with Crippen molar-refractivity contribution in [3.63, 3.8) is 0 Å². The summed E-state index contributed by atoms with van der Waals surface area (Å²) in [6, 6.07) is 0.266. The maximum absolute atomic E-state index is 12.1. The van der Waals surface area contributed by atoms with E-state index in [9.17, 15) is 4.79 Å². The van der Waals surface area contributed by atoms with Gasteiger partial charge in [0.25, 0.3) is 0 Å². The number of nitrogens with zero attached hydrogens (tertiary/aromatic N) is 4. The molecule has 1 aromatic rings. The van der Waals surface area contributed by atoms with Gasteiger partial charge in [-0.1, -0.05) is 5.21 Å². The highest BCUT2D eigenvalue weighted by atomic mass is 16.5. The van der Waals surface area contributed by atoms with Crippen molar-refractivity contribution in [2.45, 2.75) is 38.3 Å². The Balaban J connectivity index is 1.84. The molecule has 1 aliphatic heterocycles. The van der Waals surface area contributed by atoms with Gasteiger partial charge in [-0.2, -0.15) is 0 Å². The van der Waals surface area contributed by atoms with Gasteiger partial charge in [-0.3, -0.25) is 9.48 Å². The van der Waals surface area contributed by atoms with Gasteiger partial charge in [-0.15, -0.1) is 5.10 Å². The van der Waals surface area contributed by atoms with Gasteiger partial charge < -0.3 is 9.64 Å². The molecule has 6 heteroatoms. The summed E-state index contributed by atoms with van der Waals surface area (Å²) in [5.41, 5.74) is 0. The molecular weight excluding hydrogens is 232 g/mol. The van der Waals surface area contributed by atoms with Crippen molar-refractivity contribution < 1.29 is 9.53 Å². The van der Waals surface area contributed by atoms with Crippen LogP contribution >= 0.6 is 0 Å². The maximum Gasteiger partial charge on any atom is 0.222 e. The van der Waals surface area contributed by atoms with Gasteiger partial charge in [-0.05, 0) is 19.3 Å². The number of carbonyl (C=O) groups excluding carboxylic acids is 1. The number of methoxy groups -OCH3 is 1. The van der Waals surface area contributed by atoms with Crippen molar-refractivity contribution >= 4 is 5.91 Å². The lowest BCUT2D eigenvalue weighted by Gasteiger charge is -2.24. The number of hydrogen-bond donors (Lipinski definition) is 0. The molecule has 0 spiro atoms. The molecule has 1 aromatic heterocycles. The Bertz CT molecular complexity index is 366. The zero-order valence-electron chi connectivity index (χ0n) is 10.8. The van der Waals surface area contributed by atoms with Crippen molar-refractivity contribution in [1.29, 1.82) is 0 Å². The van der Waals surface area contributed by atoms with Crippen LogP contribution in [0.4, 0.5) is 0 Å². The molecule has 2 rings (SSSR count). The number of carbonyl (C=O) groups is 1. The average Bonchev–Trinajstić information content (AvgIpc) is 3.01. The Morgan fingerprint density at radius 2 is 2.44 bits per heavy atom. The lowest BCUT2D eigenvalue weighted by molar-refractivity contribution is -0.132. The SMILES string of the molecule is COCCCC(=O)N1CCC[C@H]1Cn1ccnn1. The minimum atomic E-state index is 0.231. The van der Waals surface area contributed by atoms with Gasteiger partial charge in [0, 0.05) is 32.9 Å². The van der Waals surface area contributed by atoms with Crippen LogP contribution in [0.1, 0.15) is 25.7 Å². The lowest BCUT2D eigenvalue weighted by Crippen LogP contribution is -2.38. The third kappa shape index (κ3) is 3.29. The van der Waals surface area contributed by atoms with Crippen molar-refractivity contribution in [3.05, 3.63) is 12.4 Å². The molecule has 1 amide bonds. The summed E-state index contributed by atoms with van der Waals surface area (Å²) in [5.74, 6) is 0.231. The van der Waals surface area contributed by atoms with E-state index in [0.717, 1.165) is 32.4 Å². The predicted molar refractivity (Wildman–Crippen MR) is 65.9 cm³/mol. The van der Waals surface area contributed by atoms with Gasteiger partial charge >= 0.3 is 0 Å². The largest absolute Gasteiger partial charge is 0.385 e. The van der Waals surface area contributed by atoms with Gasteiger partial charge in [0.05, 0.1) is 18.8 Å². The standard InChI is InChI=1S/C12H20N4O2/c1-18-9-3-5-12(17)16-7-2-4-11(16)10-15-8-6-13-14-15/h6,8,11H,2-5,7,9-10H2,1H3/t11-/m0/s1. The summed E-state index contributed by atoms with van der Waals surface area (Å²) in [7, 11) is 1.66. The molecule has 0 unspecified atom stereocenters. The number of hydrogen-bond acceptors (Lipinski definition) is 4. The first-order chi connectivity index (χ1) is 8.81. The van der Waals surface area contributed by atoms with E-state index < -0.39 is 0 Å². The van der Waals surface area contributed by atoms with E-state index in [4.69, 9.17) is 4.74 Å². The Kier molecular flexibility index (Phi) is 4.69. The van der Waals surface area contributed by atoms with Gasteiger partial charge in [0.1, 0.15) is 0 Å². The highest BCUT2D eigenvalue weighted by molar-refractivity contribution is 5.76. The molecule has 1 fully saturated rings. The second kappa shape index (κ2) is 6.49. The minimum Gasteiger partial charge on any atom is -0.385 e. The summed E-state index contributed by atoms with van der Waals surface area (Å²) in [4.78, 5) is 14.1. The number of likely N-dealkylation sites (tertiary alicyclic amines) is 1. The second-order valence-corrected chi connectivity index (χ2v) is 4.60. The quantitative estimate of drug-likeness (QED) is 0.699. The molecule has 0 saturated carbocycles. The Morgan fingerprint density at radius 3 is 3.17 bits per heavy atom. The fraction of sp³-hybridized carbons (Fsp3) is 0.750. The van der Waals surface area contributed by atoms with Crippen LogP contribution < -0.4 is 0 Å². The molecule has 2 heterocycles. The normalized spacial score (nSPS) is 19.4. The summed E-state index contributed by atoms with van der Waals surface area (Å²) in [5, 5.41) is 7.75. The summed E-state index contributed by atoms with van der Waals surface area (Å²) in [6.07, 6.45) is 7.00. The maximum atomic E-state index is 12.1. The Morgan fingerprint density at radius 1 is 1.56 bits per heavy atom. The highest BCUT2D eigenvalue weighted by Gasteiger charge is 2.28. The number of rotatable bonds is 6. The lowest BCUT2D eigenvalue weighted by atomic mass is 10.2. The van der Waals surface area contributed by atoms with Crippen LogP contribution in [-0.2, 0) is 16.1 Å². The van der Waals surface area contributed by atoms with Crippen molar-refractivity contribution in [2.24, 2.45) is 0 Å². The van der Waals surface area contributed by atoms with Gasteiger partial charge in [0.2, 0.25) is 5.91 Å². The molecule has 0 radical (unpaired) electrons. The number of aromatic nitrogens is 3. The first-order valence-corrected chi connectivity index (χ1v) is 6.44. The van der Waals surface area contributed by atoms with E-state index in [-0.39, 0.29) is 11.9 Å². The third-order valence-electron chi connectivity index (χ3n) is 3.31. The molecule has 18 heavy (non-hydrogen) atoms. The van der Waals surface area contributed by atoms with E-state index in [1.54, 1.807) is 18.0 Å². The van der Waals surface area contributed by atoms with Crippen LogP contribution in [0.2, 0.25) is 0 Å². The summed E-state index contributed by atoms with van der Waals surface area (Å²) in [6.45, 7) is 2.26. The molecule has 0 bridgehead atoms. The Hall–Kier alpha value is -1.43. The smallest absolute Gasteiger partial charge is 0.222 e. The van der Waals surface area contributed by atoms with Crippen LogP contribution in [0, 0.1) is 0 Å². The predicted octanol–water partition coefficient (Wildman–Crippen LogP) is 0.696. The molecular formula is C12H20N4O2. The van der Waals surface area contributed by atoms with Crippen LogP contribution in [0.25, 0.3) is 0 Å². The Labute approximate surface area is 107 Å². The monoisotopic (exact) mass is 252 g/mol. The molecule has 1 aliphatic rings. The number of ether oxygens (including phenoxy) is 1. The van der Waals surface area contributed by atoms with Crippen molar-refractivity contribution in [3.8, 4) is 0 Å². The van der Waals surface area contributed by atoms with E-state index in [0.29, 0.717) is 13.0 Å².